The van der Waals surface area contributed by atoms with Crippen LogP contribution in [-0.4, -0.2) is 21.8 Å². The first-order valence-electron chi connectivity index (χ1n) is 20.0. The summed E-state index contributed by atoms with van der Waals surface area (Å²) >= 11 is 0. The third kappa shape index (κ3) is 4.87. The smallest absolute Gasteiger partial charge is 0.226 e. The van der Waals surface area contributed by atoms with Crippen molar-refractivity contribution in [1.82, 2.24) is 4.57 Å². The summed E-state index contributed by atoms with van der Waals surface area (Å²) in [5.74, 6) is 0.872. The van der Waals surface area contributed by atoms with Crippen molar-refractivity contribution in [3.63, 3.8) is 0 Å². The van der Waals surface area contributed by atoms with E-state index in [0.717, 1.165) is 22.9 Å². The van der Waals surface area contributed by atoms with Crippen LogP contribution in [0.2, 0.25) is 0 Å². The van der Waals surface area contributed by atoms with E-state index in [2.05, 4.69) is 204 Å². The van der Waals surface area contributed by atoms with E-state index in [1.165, 1.54) is 70.9 Å². The summed E-state index contributed by atoms with van der Waals surface area (Å²) < 4.78 is 2.44. The van der Waals surface area contributed by atoms with Gasteiger partial charge >= 0.3 is 0 Å². The number of rotatable bonds is 3. The molecule has 3 atom stereocenters. The molecule has 0 saturated carbocycles. The van der Waals surface area contributed by atoms with Gasteiger partial charge in [0.25, 0.3) is 0 Å². The molecule has 1 aliphatic carbocycles. The minimum Gasteiger partial charge on any atom is -0.309 e. The van der Waals surface area contributed by atoms with Crippen LogP contribution in [-0.2, 0) is 0 Å². The van der Waals surface area contributed by atoms with E-state index in [4.69, 9.17) is 9.98 Å². The quantitative estimate of drug-likeness (QED) is 0.178. The molecule has 0 N–H and O–H groups in total. The zero-order valence-electron chi connectivity index (χ0n) is 31.5. The lowest BCUT2D eigenvalue weighted by molar-refractivity contribution is 0.546. The van der Waals surface area contributed by atoms with Crippen molar-refractivity contribution in [2.24, 2.45) is 9.98 Å². The van der Waals surface area contributed by atoms with E-state index in [9.17, 15) is 0 Å². The first-order chi connectivity index (χ1) is 28.1. The van der Waals surface area contributed by atoms with Crippen molar-refractivity contribution in [1.29, 1.82) is 0 Å². The Morgan fingerprint density at radius 2 is 1.26 bits per heavy atom. The van der Waals surface area contributed by atoms with Crippen LogP contribution >= 0.6 is 0 Å². The summed E-state index contributed by atoms with van der Waals surface area (Å²) in [4.78, 5) is 13.8. The Bertz CT molecular complexity index is 3270. The van der Waals surface area contributed by atoms with Crippen LogP contribution in [0.15, 0.2) is 198 Å². The summed E-state index contributed by atoms with van der Waals surface area (Å²) in [6.07, 6.45) is 9.84. The van der Waals surface area contributed by atoms with Gasteiger partial charge in [0.15, 0.2) is 0 Å². The molecule has 4 nitrogen and oxygen atoms in total. The molecule has 3 unspecified atom stereocenters. The normalized spacial score (nSPS) is 20.1. The molecule has 9 aromatic rings. The molecule has 2 aliphatic heterocycles. The minimum absolute atomic E-state index is 0.115. The molecular weight excluding hydrogens is 693 g/mol. The molecule has 270 valence electrons. The van der Waals surface area contributed by atoms with Crippen molar-refractivity contribution < 1.29 is 0 Å². The van der Waals surface area contributed by atoms with Gasteiger partial charge in [-0.25, -0.2) is 9.98 Å². The van der Waals surface area contributed by atoms with Crippen LogP contribution in [0.1, 0.15) is 42.0 Å². The fraction of sp³-hybridized carbons (Fsp3) is 0.0943. The number of benzene rings is 8. The number of nitrogens with zero attached hydrogens (tertiary/aromatic N) is 4. The lowest BCUT2D eigenvalue weighted by Gasteiger charge is -2.39. The molecular formula is C53H38N4. The Kier molecular flexibility index (Phi) is 6.91. The Hall–Kier alpha value is -7.04. The van der Waals surface area contributed by atoms with Crippen LogP contribution in [0.5, 0.6) is 0 Å². The van der Waals surface area contributed by atoms with E-state index in [1.54, 1.807) is 0 Å². The van der Waals surface area contributed by atoms with Gasteiger partial charge in [-0.15, -0.1) is 0 Å². The third-order valence-corrected chi connectivity index (χ3v) is 12.7. The van der Waals surface area contributed by atoms with Gasteiger partial charge in [-0.05, 0) is 92.3 Å². The predicted molar refractivity (Wildman–Crippen MR) is 239 cm³/mol. The minimum atomic E-state index is -0.431. The fourth-order valence-electron chi connectivity index (χ4n) is 9.89. The van der Waals surface area contributed by atoms with Gasteiger partial charge in [0, 0.05) is 28.8 Å². The van der Waals surface area contributed by atoms with Crippen LogP contribution in [0.3, 0.4) is 0 Å². The maximum Gasteiger partial charge on any atom is 0.226 e. The molecule has 0 saturated heterocycles. The lowest BCUT2D eigenvalue weighted by Crippen LogP contribution is -2.49. The maximum absolute atomic E-state index is 5.69. The van der Waals surface area contributed by atoms with Gasteiger partial charge in [0.2, 0.25) is 5.96 Å². The number of guanidine groups is 1. The van der Waals surface area contributed by atoms with E-state index >= 15 is 0 Å². The number of para-hydroxylation sites is 1. The van der Waals surface area contributed by atoms with Crippen molar-refractivity contribution in [2.45, 2.75) is 30.8 Å². The summed E-state index contributed by atoms with van der Waals surface area (Å²) in [5.41, 5.74) is 8.95. The maximum atomic E-state index is 5.69. The molecule has 12 rings (SSSR count). The molecule has 4 heteroatoms. The summed E-state index contributed by atoms with van der Waals surface area (Å²) in [6.45, 7) is 2.36. The SMILES string of the molecule is CC12C=CC=CC1c1ccc3c(c1N2C1=NC(c2ccc4ccccc4c2)CC(c2ccc4ccccc4c2)=N1)c1ccccc1n3-c1ccc2ccccc2c1. The number of hydrogen-bond donors (Lipinski definition) is 0. The van der Waals surface area contributed by atoms with Crippen molar-refractivity contribution in [2.75, 3.05) is 4.90 Å². The molecule has 0 bridgehead atoms. The Balaban J connectivity index is 1.12. The highest BCUT2D eigenvalue weighted by Crippen LogP contribution is 2.55. The van der Waals surface area contributed by atoms with Gasteiger partial charge in [0.1, 0.15) is 0 Å². The van der Waals surface area contributed by atoms with Crippen LogP contribution in [0.25, 0.3) is 59.8 Å². The molecule has 0 radical (unpaired) electrons. The Labute approximate surface area is 331 Å². The van der Waals surface area contributed by atoms with Crippen LogP contribution in [0, 0.1) is 0 Å². The zero-order valence-corrected chi connectivity index (χ0v) is 31.5. The number of hydrogen-bond acceptors (Lipinski definition) is 3. The number of aliphatic imine (C=N–C) groups is 2. The van der Waals surface area contributed by atoms with Gasteiger partial charge < -0.3 is 4.57 Å². The second kappa shape index (κ2) is 12.2. The highest BCUT2D eigenvalue weighted by Gasteiger charge is 2.50. The fourth-order valence-corrected chi connectivity index (χ4v) is 9.89. The van der Waals surface area contributed by atoms with Gasteiger partial charge in [-0.3, -0.25) is 4.90 Å². The van der Waals surface area contributed by atoms with Gasteiger partial charge in [-0.1, -0.05) is 152 Å². The van der Waals surface area contributed by atoms with Crippen LogP contribution in [0.4, 0.5) is 5.69 Å². The van der Waals surface area contributed by atoms with Crippen LogP contribution < -0.4 is 4.90 Å². The summed E-state index contributed by atoms with van der Waals surface area (Å²) in [5, 5.41) is 9.81. The average molecular weight is 731 g/mol. The first kappa shape index (κ1) is 32.2. The Morgan fingerprint density at radius 1 is 0.596 bits per heavy atom. The van der Waals surface area contributed by atoms with E-state index < -0.39 is 5.54 Å². The second-order valence-electron chi connectivity index (χ2n) is 15.9. The first-order valence-corrected chi connectivity index (χ1v) is 20.0. The monoisotopic (exact) mass is 730 g/mol. The van der Waals surface area contributed by atoms with Crippen molar-refractivity contribution in [3.8, 4) is 5.69 Å². The highest BCUT2D eigenvalue weighted by molar-refractivity contribution is 6.22. The Morgan fingerprint density at radius 3 is 2.05 bits per heavy atom. The van der Waals surface area contributed by atoms with Crippen molar-refractivity contribution in [3.05, 3.63) is 205 Å². The molecule has 57 heavy (non-hydrogen) atoms. The molecule has 3 aliphatic rings. The number of fused-ring (bicyclic) bond motifs is 10. The topological polar surface area (TPSA) is 32.9 Å². The molecule has 1 aromatic heterocycles. The third-order valence-electron chi connectivity index (χ3n) is 12.7. The summed E-state index contributed by atoms with van der Waals surface area (Å²) in [7, 11) is 0. The van der Waals surface area contributed by atoms with E-state index in [-0.39, 0.29) is 12.0 Å². The highest BCUT2D eigenvalue weighted by atomic mass is 15.4. The largest absolute Gasteiger partial charge is 0.309 e. The van der Waals surface area contributed by atoms with Crippen molar-refractivity contribution >= 4 is 71.5 Å². The number of aromatic nitrogens is 1. The van der Waals surface area contributed by atoms with E-state index in [1.807, 2.05) is 0 Å². The lowest BCUT2D eigenvalue weighted by atomic mass is 9.80. The zero-order chi connectivity index (χ0) is 37.7. The number of anilines is 1. The standard InChI is InChI=1S/C53H38N4/c1-53-29-11-10-19-45(53)43-27-28-49-50(44-18-8-9-20-48(44)56(49)42-26-25-36-14-4-7-17-39(36)32-42)51(43)57(53)52-54-46(40-23-21-34-12-2-5-15-37(34)30-40)33-47(55-52)41-24-22-35-13-3-6-16-38(35)31-41/h2-32,45-46H,33H2,1H3. The molecule has 0 amide bonds. The molecule has 0 fully saturated rings. The van der Waals surface area contributed by atoms with Gasteiger partial charge in [0.05, 0.1) is 34.0 Å². The van der Waals surface area contributed by atoms with Gasteiger partial charge in [-0.2, -0.15) is 0 Å². The summed E-state index contributed by atoms with van der Waals surface area (Å²) in [6, 6.07) is 59.7. The molecule has 8 aromatic carbocycles. The molecule has 0 spiro atoms. The molecule has 3 heterocycles. The second-order valence-corrected chi connectivity index (χ2v) is 15.9. The average Bonchev–Trinajstić information content (AvgIpc) is 3.75. The predicted octanol–water partition coefficient (Wildman–Crippen LogP) is 13.0. The van der Waals surface area contributed by atoms with E-state index in [0.29, 0.717) is 6.42 Å². The number of allylic oxidation sites excluding steroid dienone is 2.